The lowest BCUT2D eigenvalue weighted by Gasteiger charge is -1.93. The molecule has 0 atom stereocenters. The van der Waals surface area contributed by atoms with E-state index in [-0.39, 0.29) is 6.61 Å². The van der Waals surface area contributed by atoms with Crippen LogP contribution in [0.4, 0.5) is 0 Å². The standard InChI is InChI=1S/C8H7IN2O/c9-11-7-4-2-1-3-6(7)10-8(11)5-12/h1-4,12H,5H2. The molecule has 2 rings (SSSR count). The number of aromatic nitrogens is 2. The second kappa shape index (κ2) is 3.02. The van der Waals surface area contributed by atoms with Crippen LogP contribution in [0.5, 0.6) is 0 Å². The van der Waals surface area contributed by atoms with Crippen LogP contribution in [-0.4, -0.2) is 12.9 Å². The maximum Gasteiger partial charge on any atom is 0.144 e. The van der Waals surface area contributed by atoms with Crippen molar-refractivity contribution in [2.24, 2.45) is 0 Å². The summed E-state index contributed by atoms with van der Waals surface area (Å²) in [5, 5.41) is 8.93. The van der Waals surface area contributed by atoms with Crippen LogP contribution in [0.25, 0.3) is 11.0 Å². The van der Waals surface area contributed by atoms with E-state index in [2.05, 4.69) is 27.8 Å². The SMILES string of the molecule is OCc1nc2ccccc2n1I. The van der Waals surface area contributed by atoms with Crippen LogP contribution in [-0.2, 0) is 6.61 Å². The molecule has 0 bridgehead atoms. The molecular formula is C8H7IN2O. The van der Waals surface area contributed by atoms with Gasteiger partial charge >= 0.3 is 0 Å². The molecule has 0 aliphatic carbocycles. The molecular weight excluding hydrogens is 267 g/mol. The van der Waals surface area contributed by atoms with Crippen LogP contribution in [0.15, 0.2) is 24.3 Å². The average molecular weight is 274 g/mol. The summed E-state index contributed by atoms with van der Waals surface area (Å²) < 4.78 is 1.87. The van der Waals surface area contributed by atoms with Gasteiger partial charge in [0.2, 0.25) is 0 Å². The van der Waals surface area contributed by atoms with E-state index in [0.717, 1.165) is 11.0 Å². The number of aliphatic hydroxyl groups is 1. The van der Waals surface area contributed by atoms with E-state index in [4.69, 9.17) is 5.11 Å². The summed E-state index contributed by atoms with van der Waals surface area (Å²) in [5.74, 6) is 0.691. The Bertz CT molecular complexity index is 410. The summed E-state index contributed by atoms with van der Waals surface area (Å²) >= 11 is 2.13. The summed E-state index contributed by atoms with van der Waals surface area (Å²) in [4.78, 5) is 4.24. The smallest absolute Gasteiger partial charge is 0.144 e. The van der Waals surface area contributed by atoms with Crippen molar-refractivity contribution in [2.45, 2.75) is 6.61 Å². The molecule has 0 spiro atoms. The minimum atomic E-state index is -0.0163. The molecule has 0 saturated carbocycles. The Morgan fingerprint density at radius 3 is 2.83 bits per heavy atom. The Morgan fingerprint density at radius 2 is 2.17 bits per heavy atom. The number of aliphatic hydroxyl groups excluding tert-OH is 1. The molecule has 0 saturated heterocycles. The number of imidazole rings is 1. The average Bonchev–Trinajstić information content (AvgIpc) is 2.44. The van der Waals surface area contributed by atoms with Crippen LogP contribution in [0.2, 0.25) is 0 Å². The normalized spacial score (nSPS) is 10.8. The minimum Gasteiger partial charge on any atom is -0.388 e. The summed E-state index contributed by atoms with van der Waals surface area (Å²) in [6, 6.07) is 7.81. The quantitative estimate of drug-likeness (QED) is 0.804. The van der Waals surface area contributed by atoms with Gasteiger partial charge in [-0.1, -0.05) is 12.1 Å². The molecule has 0 aliphatic rings. The van der Waals surface area contributed by atoms with Crippen LogP contribution >= 0.6 is 22.9 Å². The lowest BCUT2D eigenvalue weighted by atomic mass is 10.3. The van der Waals surface area contributed by atoms with Crippen molar-refractivity contribution in [1.29, 1.82) is 0 Å². The highest BCUT2D eigenvalue weighted by molar-refractivity contribution is 14.1. The van der Waals surface area contributed by atoms with Gasteiger partial charge in [0.05, 0.1) is 33.9 Å². The summed E-state index contributed by atoms with van der Waals surface area (Å²) in [6.07, 6.45) is 0. The van der Waals surface area contributed by atoms with Crippen LogP contribution < -0.4 is 0 Å². The van der Waals surface area contributed by atoms with Crippen molar-refractivity contribution in [3.63, 3.8) is 0 Å². The molecule has 0 fully saturated rings. The Hall–Kier alpha value is -0.620. The van der Waals surface area contributed by atoms with Crippen LogP contribution in [0, 0.1) is 0 Å². The molecule has 2 aromatic rings. The first kappa shape index (κ1) is 8.00. The zero-order valence-electron chi connectivity index (χ0n) is 6.24. The largest absolute Gasteiger partial charge is 0.388 e. The van der Waals surface area contributed by atoms with Gasteiger partial charge in [-0.3, -0.25) is 2.78 Å². The molecule has 4 heteroatoms. The predicted octanol–water partition coefficient (Wildman–Crippen LogP) is 1.73. The van der Waals surface area contributed by atoms with Gasteiger partial charge in [-0.2, -0.15) is 0 Å². The van der Waals surface area contributed by atoms with Gasteiger partial charge < -0.3 is 5.11 Å². The summed E-state index contributed by atoms with van der Waals surface area (Å²) in [6.45, 7) is -0.0163. The number of para-hydroxylation sites is 2. The van der Waals surface area contributed by atoms with Gasteiger partial charge in [0.15, 0.2) is 0 Å². The number of halogens is 1. The van der Waals surface area contributed by atoms with Crippen molar-refractivity contribution in [3.05, 3.63) is 30.1 Å². The lowest BCUT2D eigenvalue weighted by Crippen LogP contribution is -1.90. The van der Waals surface area contributed by atoms with Gasteiger partial charge in [-0.15, -0.1) is 0 Å². The molecule has 0 aliphatic heterocycles. The number of rotatable bonds is 1. The van der Waals surface area contributed by atoms with Crippen LogP contribution in [0.1, 0.15) is 5.82 Å². The van der Waals surface area contributed by atoms with Crippen molar-refractivity contribution in [1.82, 2.24) is 7.76 Å². The molecule has 3 nitrogen and oxygen atoms in total. The Kier molecular flexibility index (Phi) is 2.02. The first-order chi connectivity index (χ1) is 5.83. The highest BCUT2D eigenvalue weighted by atomic mass is 127. The van der Waals surface area contributed by atoms with E-state index < -0.39 is 0 Å². The molecule has 1 aromatic heterocycles. The third-order valence-corrected chi connectivity index (χ3v) is 2.79. The Labute approximate surface area is 83.5 Å². The van der Waals surface area contributed by atoms with E-state index in [1.807, 2.05) is 27.0 Å². The molecule has 0 radical (unpaired) electrons. The number of nitrogens with zero attached hydrogens (tertiary/aromatic N) is 2. The Morgan fingerprint density at radius 1 is 1.42 bits per heavy atom. The second-order valence-corrected chi connectivity index (χ2v) is 3.42. The number of fused-ring (bicyclic) bond motifs is 1. The van der Waals surface area contributed by atoms with Gasteiger partial charge in [0.1, 0.15) is 12.4 Å². The molecule has 0 unspecified atom stereocenters. The van der Waals surface area contributed by atoms with Gasteiger partial charge in [-0.05, 0) is 12.1 Å². The van der Waals surface area contributed by atoms with Crippen molar-refractivity contribution < 1.29 is 5.11 Å². The maximum atomic E-state index is 8.93. The zero-order chi connectivity index (χ0) is 8.55. The van der Waals surface area contributed by atoms with Gasteiger partial charge in [-0.25, -0.2) is 4.98 Å². The Balaban J connectivity index is 2.78. The molecule has 1 N–H and O–H groups in total. The summed E-state index contributed by atoms with van der Waals surface area (Å²) in [7, 11) is 0. The second-order valence-electron chi connectivity index (χ2n) is 2.46. The first-order valence-electron chi connectivity index (χ1n) is 3.56. The van der Waals surface area contributed by atoms with E-state index >= 15 is 0 Å². The van der Waals surface area contributed by atoms with Crippen molar-refractivity contribution in [3.8, 4) is 0 Å². The number of hydrogen-bond donors (Lipinski definition) is 1. The molecule has 12 heavy (non-hydrogen) atoms. The van der Waals surface area contributed by atoms with E-state index in [1.54, 1.807) is 0 Å². The fraction of sp³-hybridized carbons (Fsp3) is 0.125. The third-order valence-electron chi connectivity index (χ3n) is 1.71. The topological polar surface area (TPSA) is 38.1 Å². The van der Waals surface area contributed by atoms with Crippen molar-refractivity contribution >= 4 is 33.9 Å². The summed E-state index contributed by atoms with van der Waals surface area (Å²) in [5.41, 5.74) is 1.97. The molecule has 1 aromatic carbocycles. The van der Waals surface area contributed by atoms with Gasteiger partial charge in [0, 0.05) is 0 Å². The maximum absolute atomic E-state index is 8.93. The van der Waals surface area contributed by atoms with Crippen molar-refractivity contribution in [2.75, 3.05) is 0 Å². The zero-order valence-corrected chi connectivity index (χ0v) is 8.39. The van der Waals surface area contributed by atoms with Crippen LogP contribution in [0.3, 0.4) is 0 Å². The van der Waals surface area contributed by atoms with E-state index in [1.165, 1.54) is 0 Å². The fourth-order valence-corrected chi connectivity index (χ4v) is 1.81. The molecule has 0 amide bonds. The minimum absolute atomic E-state index is 0.0163. The highest BCUT2D eigenvalue weighted by Gasteiger charge is 2.05. The third kappa shape index (κ3) is 1.11. The monoisotopic (exact) mass is 274 g/mol. The fourth-order valence-electron chi connectivity index (χ4n) is 1.14. The predicted molar refractivity (Wildman–Crippen MR) is 55.1 cm³/mol. The number of benzene rings is 1. The van der Waals surface area contributed by atoms with E-state index in [9.17, 15) is 0 Å². The molecule has 62 valence electrons. The number of hydrogen-bond acceptors (Lipinski definition) is 2. The lowest BCUT2D eigenvalue weighted by molar-refractivity contribution is 0.272. The first-order valence-corrected chi connectivity index (χ1v) is 4.53. The molecule has 1 heterocycles. The van der Waals surface area contributed by atoms with E-state index in [0.29, 0.717) is 5.82 Å². The highest BCUT2D eigenvalue weighted by Crippen LogP contribution is 2.17. The van der Waals surface area contributed by atoms with Gasteiger partial charge in [0.25, 0.3) is 0 Å².